The molecule has 0 bridgehead atoms. The Kier molecular flexibility index (Phi) is 8.00. The number of H-pyrrole nitrogens is 1. The van der Waals surface area contributed by atoms with Gasteiger partial charge in [-0.15, -0.1) is 12.4 Å². The highest BCUT2D eigenvalue weighted by Gasteiger charge is 2.19. The average Bonchev–Trinajstić information content (AvgIpc) is 3.28. The molecule has 1 aromatic carbocycles. The van der Waals surface area contributed by atoms with Gasteiger partial charge in [0.15, 0.2) is 11.5 Å². The first kappa shape index (κ1) is 23.5. The summed E-state index contributed by atoms with van der Waals surface area (Å²) in [6.07, 6.45) is 5.05. The maximum atomic E-state index is 8.82. The fourth-order valence-electron chi connectivity index (χ4n) is 3.70. The molecule has 2 N–H and O–H groups in total. The zero-order valence-corrected chi connectivity index (χ0v) is 18.9. The molecule has 32 heavy (non-hydrogen) atoms. The van der Waals surface area contributed by atoms with E-state index in [-0.39, 0.29) is 18.1 Å². The van der Waals surface area contributed by atoms with E-state index in [0.29, 0.717) is 17.7 Å². The minimum Gasteiger partial charge on any atom is -0.496 e. The number of rotatable bonds is 7. The third-order valence-electron chi connectivity index (χ3n) is 5.40. The standard InChI is InChI=1S/C22H25N7O2.ClH/c1-29(17-5-7-31-8-6-17)14-15-3-4-18(20(9-15)30-2)19-10-21(28-27-19)26-22-13-24-16(11-23)12-25-22;/h3-4,9-10,12-13,17H,5-8,14H2,1-2H3,(H2,25,26,27,28);1H. The smallest absolute Gasteiger partial charge is 0.158 e. The number of ether oxygens (including phenoxy) is 2. The summed E-state index contributed by atoms with van der Waals surface area (Å²) in [5.74, 6) is 1.89. The number of halogens is 1. The van der Waals surface area contributed by atoms with Crippen LogP contribution < -0.4 is 10.1 Å². The van der Waals surface area contributed by atoms with Crippen molar-refractivity contribution in [3.8, 4) is 23.1 Å². The minimum atomic E-state index is 0. The van der Waals surface area contributed by atoms with Crippen LogP contribution in [0.3, 0.4) is 0 Å². The van der Waals surface area contributed by atoms with Gasteiger partial charge in [-0.3, -0.25) is 10.00 Å². The molecule has 2 aromatic heterocycles. The van der Waals surface area contributed by atoms with E-state index in [1.54, 1.807) is 7.11 Å². The van der Waals surface area contributed by atoms with Crippen LogP contribution in [-0.4, -0.2) is 58.5 Å². The molecule has 9 nitrogen and oxygen atoms in total. The second-order valence-electron chi connectivity index (χ2n) is 7.48. The Morgan fingerprint density at radius 1 is 1.22 bits per heavy atom. The van der Waals surface area contributed by atoms with Crippen molar-refractivity contribution in [2.24, 2.45) is 0 Å². The molecule has 0 saturated carbocycles. The maximum Gasteiger partial charge on any atom is 0.158 e. The van der Waals surface area contributed by atoms with Crippen molar-refractivity contribution in [2.75, 3.05) is 32.7 Å². The molecular weight excluding hydrogens is 430 g/mol. The SMILES string of the molecule is COc1cc(CN(C)C2CCOCC2)ccc1-c1cc(Nc2cnc(C#N)cn2)n[nH]1.Cl. The summed E-state index contributed by atoms with van der Waals surface area (Å²) in [5, 5.41) is 19.2. The van der Waals surface area contributed by atoms with Gasteiger partial charge >= 0.3 is 0 Å². The molecular formula is C22H26ClN7O2. The zero-order chi connectivity index (χ0) is 21.6. The highest BCUT2D eigenvalue weighted by molar-refractivity contribution is 5.85. The highest BCUT2D eigenvalue weighted by atomic mass is 35.5. The Bertz CT molecular complexity index is 1060. The zero-order valence-electron chi connectivity index (χ0n) is 18.0. The number of aromatic amines is 1. The van der Waals surface area contributed by atoms with Gasteiger partial charge in [-0.2, -0.15) is 10.4 Å². The summed E-state index contributed by atoms with van der Waals surface area (Å²) in [4.78, 5) is 10.5. The van der Waals surface area contributed by atoms with Gasteiger partial charge in [-0.25, -0.2) is 9.97 Å². The van der Waals surface area contributed by atoms with Gasteiger partial charge in [0.05, 0.1) is 25.2 Å². The fourth-order valence-corrected chi connectivity index (χ4v) is 3.70. The number of hydrogen-bond donors (Lipinski definition) is 2. The number of methoxy groups -OCH3 is 1. The van der Waals surface area contributed by atoms with E-state index < -0.39 is 0 Å². The molecule has 1 aliphatic heterocycles. The minimum absolute atomic E-state index is 0. The van der Waals surface area contributed by atoms with Crippen molar-refractivity contribution in [1.29, 1.82) is 5.26 Å². The number of aromatic nitrogens is 4. The topological polar surface area (TPSA) is 112 Å². The third-order valence-corrected chi connectivity index (χ3v) is 5.40. The maximum absolute atomic E-state index is 8.82. The first-order chi connectivity index (χ1) is 15.2. The number of nitriles is 1. The number of hydrogen-bond acceptors (Lipinski definition) is 8. The first-order valence-electron chi connectivity index (χ1n) is 10.2. The normalized spacial score (nSPS) is 13.9. The Morgan fingerprint density at radius 2 is 2.03 bits per heavy atom. The third kappa shape index (κ3) is 5.53. The van der Waals surface area contributed by atoms with Crippen LogP contribution in [0, 0.1) is 11.3 Å². The molecule has 168 valence electrons. The van der Waals surface area contributed by atoms with Gasteiger partial charge in [0.1, 0.15) is 17.6 Å². The van der Waals surface area contributed by atoms with E-state index in [1.807, 2.05) is 18.2 Å². The molecule has 10 heteroatoms. The fraction of sp³-hybridized carbons (Fsp3) is 0.364. The van der Waals surface area contributed by atoms with Crippen LogP contribution in [0.1, 0.15) is 24.1 Å². The predicted octanol–water partition coefficient (Wildman–Crippen LogP) is 3.52. The van der Waals surface area contributed by atoms with Gasteiger partial charge in [-0.1, -0.05) is 6.07 Å². The lowest BCUT2D eigenvalue weighted by Gasteiger charge is -2.31. The molecule has 4 rings (SSSR count). The Balaban J connectivity index is 0.00000289. The summed E-state index contributed by atoms with van der Waals surface area (Å²) in [6.45, 7) is 2.53. The van der Waals surface area contributed by atoms with Gasteiger partial charge in [0, 0.05) is 37.4 Å². The van der Waals surface area contributed by atoms with Crippen LogP contribution in [-0.2, 0) is 11.3 Å². The summed E-state index contributed by atoms with van der Waals surface area (Å²) in [5.41, 5.74) is 3.21. The van der Waals surface area contributed by atoms with Crippen LogP contribution in [0.2, 0.25) is 0 Å². The predicted molar refractivity (Wildman–Crippen MR) is 123 cm³/mol. The molecule has 1 fully saturated rings. The summed E-state index contributed by atoms with van der Waals surface area (Å²) in [7, 11) is 3.84. The number of benzene rings is 1. The molecule has 1 aliphatic rings. The molecule has 3 heterocycles. The van der Waals surface area contributed by atoms with Crippen LogP contribution in [0.15, 0.2) is 36.7 Å². The first-order valence-corrected chi connectivity index (χ1v) is 10.2. The Morgan fingerprint density at radius 3 is 2.72 bits per heavy atom. The van der Waals surface area contributed by atoms with E-state index in [1.165, 1.54) is 18.0 Å². The number of nitrogens with zero attached hydrogens (tertiary/aromatic N) is 5. The number of nitrogens with one attached hydrogen (secondary N) is 2. The Hall–Kier alpha value is -3.19. The quantitative estimate of drug-likeness (QED) is 0.556. The van der Waals surface area contributed by atoms with Gasteiger partial charge in [0.2, 0.25) is 0 Å². The van der Waals surface area contributed by atoms with Crippen molar-refractivity contribution in [3.63, 3.8) is 0 Å². The lowest BCUT2D eigenvalue weighted by atomic mass is 10.0. The monoisotopic (exact) mass is 455 g/mol. The van der Waals surface area contributed by atoms with E-state index >= 15 is 0 Å². The van der Waals surface area contributed by atoms with E-state index in [9.17, 15) is 0 Å². The van der Waals surface area contributed by atoms with Gasteiger partial charge in [-0.05, 0) is 37.6 Å². The van der Waals surface area contributed by atoms with Crippen molar-refractivity contribution in [1.82, 2.24) is 25.1 Å². The summed E-state index contributed by atoms with van der Waals surface area (Å²) in [6, 6.07) is 10.6. The van der Waals surface area contributed by atoms with Gasteiger partial charge in [0.25, 0.3) is 0 Å². The average molecular weight is 456 g/mol. The molecule has 0 radical (unpaired) electrons. The molecule has 3 aromatic rings. The molecule has 0 amide bonds. The van der Waals surface area contributed by atoms with E-state index in [2.05, 4.69) is 49.6 Å². The molecule has 0 unspecified atom stereocenters. The largest absolute Gasteiger partial charge is 0.496 e. The highest BCUT2D eigenvalue weighted by Crippen LogP contribution is 2.32. The van der Waals surface area contributed by atoms with Crippen LogP contribution in [0.5, 0.6) is 5.75 Å². The molecule has 1 saturated heterocycles. The van der Waals surface area contributed by atoms with Crippen LogP contribution in [0.4, 0.5) is 11.6 Å². The van der Waals surface area contributed by atoms with Crippen LogP contribution >= 0.6 is 12.4 Å². The Labute approximate surface area is 193 Å². The van der Waals surface area contributed by atoms with E-state index in [4.69, 9.17) is 14.7 Å². The summed E-state index contributed by atoms with van der Waals surface area (Å²) >= 11 is 0. The molecule has 0 atom stereocenters. The van der Waals surface area contributed by atoms with Crippen molar-refractivity contribution >= 4 is 24.0 Å². The number of anilines is 2. The summed E-state index contributed by atoms with van der Waals surface area (Å²) < 4.78 is 11.1. The molecule has 0 aliphatic carbocycles. The van der Waals surface area contributed by atoms with Crippen LogP contribution in [0.25, 0.3) is 11.3 Å². The lowest BCUT2D eigenvalue weighted by molar-refractivity contribution is 0.0407. The lowest BCUT2D eigenvalue weighted by Crippen LogP contribution is -2.36. The van der Waals surface area contributed by atoms with Crippen molar-refractivity contribution in [2.45, 2.75) is 25.4 Å². The second-order valence-corrected chi connectivity index (χ2v) is 7.48. The van der Waals surface area contributed by atoms with Crippen molar-refractivity contribution < 1.29 is 9.47 Å². The second kappa shape index (κ2) is 10.9. The van der Waals surface area contributed by atoms with Gasteiger partial charge < -0.3 is 14.8 Å². The van der Waals surface area contributed by atoms with Crippen molar-refractivity contribution in [3.05, 3.63) is 47.9 Å². The van der Waals surface area contributed by atoms with E-state index in [0.717, 1.165) is 49.6 Å². The molecule has 0 spiro atoms.